The lowest BCUT2D eigenvalue weighted by molar-refractivity contribution is -0.132. The Labute approximate surface area is 148 Å². The van der Waals surface area contributed by atoms with Gasteiger partial charge in [0.2, 0.25) is 5.91 Å². The Morgan fingerprint density at radius 1 is 1.04 bits per heavy atom. The molecule has 134 valence electrons. The van der Waals surface area contributed by atoms with Crippen molar-refractivity contribution in [3.05, 3.63) is 30.1 Å². The van der Waals surface area contributed by atoms with E-state index in [0.717, 1.165) is 51.5 Å². The van der Waals surface area contributed by atoms with Gasteiger partial charge in [0.15, 0.2) is 0 Å². The molecule has 3 aliphatic rings. The Morgan fingerprint density at radius 3 is 2.60 bits per heavy atom. The minimum Gasteiger partial charge on any atom is -0.341 e. The first-order valence-corrected chi connectivity index (χ1v) is 9.44. The summed E-state index contributed by atoms with van der Waals surface area (Å²) in [6.07, 6.45) is 7.73. The van der Waals surface area contributed by atoms with Crippen LogP contribution >= 0.6 is 0 Å². The summed E-state index contributed by atoms with van der Waals surface area (Å²) in [5, 5.41) is 0. The number of amides is 2. The van der Waals surface area contributed by atoms with Gasteiger partial charge in [-0.25, -0.2) is 0 Å². The second-order valence-electron chi connectivity index (χ2n) is 7.45. The molecule has 1 aliphatic carbocycles. The highest BCUT2D eigenvalue weighted by molar-refractivity contribution is 5.94. The molecule has 6 heteroatoms. The zero-order valence-electron chi connectivity index (χ0n) is 14.6. The monoisotopic (exact) mass is 342 g/mol. The summed E-state index contributed by atoms with van der Waals surface area (Å²) in [6.45, 7) is 4.97. The molecule has 1 atom stereocenters. The largest absolute Gasteiger partial charge is 0.341 e. The van der Waals surface area contributed by atoms with Gasteiger partial charge in [-0.05, 0) is 43.7 Å². The number of pyridine rings is 1. The maximum absolute atomic E-state index is 12.7. The fraction of sp³-hybridized carbons (Fsp3) is 0.632. The second-order valence-corrected chi connectivity index (χ2v) is 7.45. The summed E-state index contributed by atoms with van der Waals surface area (Å²) in [5.41, 5.74) is 0.691. The topological polar surface area (TPSA) is 56.8 Å². The summed E-state index contributed by atoms with van der Waals surface area (Å²) < 4.78 is 0. The molecule has 6 nitrogen and oxygen atoms in total. The van der Waals surface area contributed by atoms with Crippen LogP contribution in [0.15, 0.2) is 24.5 Å². The molecule has 0 aromatic carbocycles. The maximum Gasteiger partial charge on any atom is 0.254 e. The molecule has 0 radical (unpaired) electrons. The first-order chi connectivity index (χ1) is 12.2. The summed E-state index contributed by atoms with van der Waals surface area (Å²) in [5.74, 6) is 1.12. The van der Waals surface area contributed by atoms with E-state index in [9.17, 15) is 9.59 Å². The minimum absolute atomic E-state index is 0.0229. The van der Waals surface area contributed by atoms with Crippen LogP contribution in [0.3, 0.4) is 0 Å². The average Bonchev–Trinajstić information content (AvgIpc) is 3.43. The van der Waals surface area contributed by atoms with Gasteiger partial charge >= 0.3 is 0 Å². The van der Waals surface area contributed by atoms with Gasteiger partial charge in [-0.1, -0.05) is 0 Å². The molecule has 3 heterocycles. The van der Waals surface area contributed by atoms with E-state index >= 15 is 0 Å². The first kappa shape index (κ1) is 16.5. The number of hydrogen-bond donors (Lipinski definition) is 0. The molecule has 3 fully saturated rings. The van der Waals surface area contributed by atoms with Gasteiger partial charge in [0.25, 0.3) is 5.91 Å². The van der Waals surface area contributed by atoms with Crippen LogP contribution in [0.1, 0.15) is 36.0 Å². The van der Waals surface area contributed by atoms with Gasteiger partial charge in [-0.3, -0.25) is 19.5 Å². The van der Waals surface area contributed by atoms with Gasteiger partial charge in [-0.15, -0.1) is 0 Å². The van der Waals surface area contributed by atoms with Crippen molar-refractivity contribution in [3.63, 3.8) is 0 Å². The maximum atomic E-state index is 12.7. The molecule has 2 amide bonds. The van der Waals surface area contributed by atoms with Crippen molar-refractivity contribution in [3.8, 4) is 0 Å². The van der Waals surface area contributed by atoms with Crippen molar-refractivity contribution in [1.82, 2.24) is 19.7 Å². The van der Waals surface area contributed by atoms with Crippen molar-refractivity contribution in [2.24, 2.45) is 5.92 Å². The SMILES string of the molecule is O=C(c1ccncc1)N1CCCN(C2CCN(CC3CC3)C2=O)CC1. The highest BCUT2D eigenvalue weighted by Gasteiger charge is 2.38. The van der Waals surface area contributed by atoms with Crippen LogP contribution in [-0.2, 0) is 4.79 Å². The number of nitrogens with zero attached hydrogens (tertiary/aromatic N) is 4. The van der Waals surface area contributed by atoms with E-state index in [1.807, 2.05) is 4.90 Å². The van der Waals surface area contributed by atoms with Crippen molar-refractivity contribution in [1.29, 1.82) is 0 Å². The molecule has 0 bridgehead atoms. The van der Waals surface area contributed by atoms with Crippen molar-refractivity contribution < 1.29 is 9.59 Å². The van der Waals surface area contributed by atoms with Gasteiger partial charge in [0.1, 0.15) is 0 Å². The lowest BCUT2D eigenvalue weighted by Crippen LogP contribution is -2.44. The van der Waals surface area contributed by atoms with E-state index < -0.39 is 0 Å². The number of rotatable bonds is 4. The van der Waals surface area contributed by atoms with Gasteiger partial charge in [0.05, 0.1) is 6.04 Å². The first-order valence-electron chi connectivity index (χ1n) is 9.44. The molecule has 2 saturated heterocycles. The molecular formula is C19H26N4O2. The molecule has 1 saturated carbocycles. The number of likely N-dealkylation sites (tertiary alicyclic amines) is 1. The lowest BCUT2D eigenvalue weighted by Gasteiger charge is -2.26. The Kier molecular flexibility index (Phi) is 4.70. The van der Waals surface area contributed by atoms with Crippen LogP contribution in [0.4, 0.5) is 0 Å². The van der Waals surface area contributed by atoms with Gasteiger partial charge < -0.3 is 9.80 Å². The molecule has 4 rings (SSSR count). The van der Waals surface area contributed by atoms with Crippen molar-refractivity contribution in [2.45, 2.75) is 31.7 Å². The fourth-order valence-electron chi connectivity index (χ4n) is 3.98. The van der Waals surface area contributed by atoms with E-state index in [4.69, 9.17) is 0 Å². The van der Waals surface area contributed by atoms with Crippen LogP contribution in [0, 0.1) is 5.92 Å². The lowest BCUT2D eigenvalue weighted by atomic mass is 10.2. The molecule has 0 N–H and O–H groups in total. The van der Waals surface area contributed by atoms with Gasteiger partial charge in [0, 0.05) is 57.2 Å². The smallest absolute Gasteiger partial charge is 0.254 e. The molecule has 1 unspecified atom stereocenters. The quantitative estimate of drug-likeness (QED) is 0.826. The normalized spacial score (nSPS) is 25.3. The zero-order chi connectivity index (χ0) is 17.2. The van der Waals surface area contributed by atoms with Crippen LogP contribution in [-0.4, -0.2) is 76.8 Å². The molecule has 25 heavy (non-hydrogen) atoms. The second kappa shape index (κ2) is 7.12. The van der Waals surface area contributed by atoms with Crippen molar-refractivity contribution in [2.75, 3.05) is 39.3 Å². The molecule has 0 spiro atoms. The van der Waals surface area contributed by atoms with E-state index in [1.165, 1.54) is 12.8 Å². The highest BCUT2D eigenvalue weighted by atomic mass is 16.2. The Hall–Kier alpha value is -1.95. The molecule has 1 aromatic rings. The van der Waals surface area contributed by atoms with Crippen LogP contribution < -0.4 is 0 Å². The Balaban J connectivity index is 1.35. The third-order valence-electron chi connectivity index (χ3n) is 5.63. The summed E-state index contributed by atoms with van der Waals surface area (Å²) in [4.78, 5) is 35.6. The van der Waals surface area contributed by atoms with E-state index in [0.29, 0.717) is 18.0 Å². The predicted molar refractivity (Wildman–Crippen MR) is 94.0 cm³/mol. The average molecular weight is 342 g/mol. The Bertz CT molecular complexity index is 632. The predicted octanol–water partition coefficient (Wildman–Crippen LogP) is 1.24. The zero-order valence-corrected chi connectivity index (χ0v) is 14.6. The fourth-order valence-corrected chi connectivity index (χ4v) is 3.98. The molecular weight excluding hydrogens is 316 g/mol. The molecule has 1 aromatic heterocycles. The number of carbonyl (C=O) groups is 2. The van der Waals surface area contributed by atoms with Crippen LogP contribution in [0.5, 0.6) is 0 Å². The third-order valence-corrected chi connectivity index (χ3v) is 5.63. The van der Waals surface area contributed by atoms with E-state index in [2.05, 4.69) is 14.8 Å². The summed E-state index contributed by atoms with van der Waals surface area (Å²) in [7, 11) is 0. The van der Waals surface area contributed by atoms with Crippen LogP contribution in [0.2, 0.25) is 0 Å². The standard InChI is InChI=1S/C19H26N4O2/c24-18(16-4-7-20-8-5-16)22-10-1-9-21(12-13-22)17-6-11-23(19(17)25)14-15-2-3-15/h4-5,7-8,15,17H,1-3,6,9-14H2. The number of hydrogen-bond acceptors (Lipinski definition) is 4. The van der Waals surface area contributed by atoms with Gasteiger partial charge in [-0.2, -0.15) is 0 Å². The highest BCUT2D eigenvalue weighted by Crippen LogP contribution is 2.31. The minimum atomic E-state index is 0.0229. The summed E-state index contributed by atoms with van der Waals surface area (Å²) >= 11 is 0. The number of carbonyl (C=O) groups excluding carboxylic acids is 2. The van der Waals surface area contributed by atoms with E-state index in [1.54, 1.807) is 24.5 Å². The molecule has 2 aliphatic heterocycles. The third kappa shape index (κ3) is 3.68. The van der Waals surface area contributed by atoms with E-state index in [-0.39, 0.29) is 11.9 Å². The summed E-state index contributed by atoms with van der Waals surface area (Å²) in [6, 6.07) is 3.55. The Morgan fingerprint density at radius 2 is 1.84 bits per heavy atom. The van der Waals surface area contributed by atoms with Crippen molar-refractivity contribution >= 4 is 11.8 Å². The number of aromatic nitrogens is 1. The van der Waals surface area contributed by atoms with Crippen LogP contribution in [0.25, 0.3) is 0 Å².